The predicted molar refractivity (Wildman–Crippen MR) is 62.4 cm³/mol. The van der Waals surface area contributed by atoms with Gasteiger partial charge in [0.1, 0.15) is 0 Å². The number of hydrogen-bond acceptors (Lipinski definition) is 2. The van der Waals surface area contributed by atoms with Gasteiger partial charge in [0, 0.05) is 6.54 Å². The van der Waals surface area contributed by atoms with Crippen LogP contribution < -0.4 is 5.32 Å². The molecule has 1 aromatic rings. The fourth-order valence-electron chi connectivity index (χ4n) is 1.86. The molecule has 2 rings (SSSR count). The average Bonchev–Trinajstić information content (AvgIpc) is 3.10. The fraction of sp³-hybridized carbons (Fsp3) is 0.385. The van der Waals surface area contributed by atoms with Crippen LogP contribution >= 0.6 is 0 Å². The number of carbonyl (C=O) groups excluding carboxylic acids is 1. The summed E-state index contributed by atoms with van der Waals surface area (Å²) in [5.74, 6) is -1.78. The first-order valence-corrected chi connectivity index (χ1v) is 5.73. The van der Waals surface area contributed by atoms with E-state index in [2.05, 4.69) is 5.32 Å². The van der Waals surface area contributed by atoms with Gasteiger partial charge < -0.3 is 10.4 Å². The van der Waals surface area contributed by atoms with Gasteiger partial charge in [-0.2, -0.15) is 0 Å². The van der Waals surface area contributed by atoms with Crippen molar-refractivity contribution in [1.29, 1.82) is 0 Å². The van der Waals surface area contributed by atoms with E-state index >= 15 is 0 Å². The van der Waals surface area contributed by atoms with Gasteiger partial charge in [-0.25, -0.2) is 0 Å². The van der Waals surface area contributed by atoms with Crippen molar-refractivity contribution < 1.29 is 14.7 Å². The molecule has 2 atom stereocenters. The molecule has 0 aliphatic heterocycles. The zero-order chi connectivity index (χ0) is 12.3. The molecule has 1 aliphatic rings. The predicted octanol–water partition coefficient (Wildman–Crippen LogP) is 1.07. The van der Waals surface area contributed by atoms with Gasteiger partial charge in [-0.3, -0.25) is 9.59 Å². The second-order valence-electron chi connectivity index (χ2n) is 4.31. The summed E-state index contributed by atoms with van der Waals surface area (Å²) in [6, 6.07) is 9.87. The summed E-state index contributed by atoms with van der Waals surface area (Å²) in [6.45, 7) is 0.561. The van der Waals surface area contributed by atoms with Gasteiger partial charge in [-0.1, -0.05) is 30.3 Å². The van der Waals surface area contributed by atoms with E-state index in [0.717, 1.165) is 6.42 Å². The maximum atomic E-state index is 11.5. The van der Waals surface area contributed by atoms with Crippen LogP contribution in [0.1, 0.15) is 12.0 Å². The number of rotatable bonds is 5. The molecule has 17 heavy (non-hydrogen) atoms. The summed E-state index contributed by atoms with van der Waals surface area (Å²) < 4.78 is 0. The number of nitrogens with one attached hydrogen (secondary N) is 1. The van der Waals surface area contributed by atoms with Crippen LogP contribution in [0.3, 0.4) is 0 Å². The lowest BCUT2D eigenvalue weighted by atomic mass is 10.1. The smallest absolute Gasteiger partial charge is 0.307 e. The lowest BCUT2D eigenvalue weighted by Crippen LogP contribution is -2.28. The Kier molecular flexibility index (Phi) is 3.42. The first-order valence-electron chi connectivity index (χ1n) is 5.73. The Labute approximate surface area is 99.6 Å². The highest BCUT2D eigenvalue weighted by Crippen LogP contribution is 2.38. The van der Waals surface area contributed by atoms with Gasteiger partial charge in [0.05, 0.1) is 11.8 Å². The molecule has 0 saturated heterocycles. The Balaban J connectivity index is 1.70. The van der Waals surface area contributed by atoms with E-state index in [-0.39, 0.29) is 11.8 Å². The molecule has 0 heterocycles. The highest BCUT2D eigenvalue weighted by atomic mass is 16.4. The van der Waals surface area contributed by atoms with Crippen molar-refractivity contribution in [2.24, 2.45) is 11.8 Å². The summed E-state index contributed by atoms with van der Waals surface area (Å²) >= 11 is 0. The lowest BCUT2D eigenvalue weighted by molar-refractivity contribution is -0.140. The second-order valence-corrected chi connectivity index (χ2v) is 4.31. The molecule has 90 valence electrons. The van der Waals surface area contributed by atoms with Gasteiger partial charge in [0.25, 0.3) is 0 Å². The first-order chi connectivity index (χ1) is 8.18. The average molecular weight is 233 g/mol. The van der Waals surface area contributed by atoms with Crippen molar-refractivity contribution in [3.8, 4) is 0 Å². The van der Waals surface area contributed by atoms with Crippen molar-refractivity contribution >= 4 is 11.9 Å². The van der Waals surface area contributed by atoms with Crippen LogP contribution in [0.25, 0.3) is 0 Å². The SMILES string of the molecule is O=C(O)C1CC1C(=O)NCCc1ccccc1. The van der Waals surface area contributed by atoms with E-state index in [9.17, 15) is 9.59 Å². The third-order valence-electron chi connectivity index (χ3n) is 3.00. The second kappa shape index (κ2) is 4.99. The van der Waals surface area contributed by atoms with Crippen molar-refractivity contribution in [3.05, 3.63) is 35.9 Å². The molecule has 4 heteroatoms. The van der Waals surface area contributed by atoms with Crippen LogP contribution in [0.2, 0.25) is 0 Å². The van der Waals surface area contributed by atoms with E-state index in [1.54, 1.807) is 0 Å². The molecule has 2 unspecified atom stereocenters. The zero-order valence-electron chi connectivity index (χ0n) is 9.43. The molecule has 1 saturated carbocycles. The molecule has 1 aromatic carbocycles. The van der Waals surface area contributed by atoms with Crippen LogP contribution in [0.4, 0.5) is 0 Å². The summed E-state index contributed by atoms with van der Waals surface area (Å²) in [6.07, 6.45) is 1.25. The number of carbonyl (C=O) groups is 2. The van der Waals surface area contributed by atoms with Gasteiger partial charge in [0.2, 0.25) is 5.91 Å². The topological polar surface area (TPSA) is 66.4 Å². The summed E-state index contributed by atoms with van der Waals surface area (Å²) in [5, 5.41) is 11.5. The molecular formula is C13H15NO3. The number of aliphatic carboxylic acids is 1. The third kappa shape index (κ3) is 3.06. The quantitative estimate of drug-likeness (QED) is 0.799. The normalized spacial score (nSPS) is 21.9. The Morgan fingerprint density at radius 2 is 1.94 bits per heavy atom. The van der Waals surface area contributed by atoms with Crippen molar-refractivity contribution in [3.63, 3.8) is 0 Å². The van der Waals surface area contributed by atoms with Gasteiger partial charge >= 0.3 is 5.97 Å². The largest absolute Gasteiger partial charge is 0.481 e. The number of carboxylic acids is 1. The first kappa shape index (κ1) is 11.6. The van der Waals surface area contributed by atoms with Crippen LogP contribution in [-0.4, -0.2) is 23.5 Å². The molecule has 0 radical (unpaired) electrons. The minimum atomic E-state index is -0.867. The number of hydrogen-bond donors (Lipinski definition) is 2. The molecule has 0 aromatic heterocycles. The van der Waals surface area contributed by atoms with Crippen molar-refractivity contribution in [1.82, 2.24) is 5.32 Å². The molecule has 0 spiro atoms. The van der Waals surface area contributed by atoms with Crippen LogP contribution in [-0.2, 0) is 16.0 Å². The Bertz CT molecular complexity index is 416. The Morgan fingerprint density at radius 3 is 2.53 bits per heavy atom. The summed E-state index contributed by atoms with van der Waals surface area (Å²) in [4.78, 5) is 22.1. The third-order valence-corrected chi connectivity index (χ3v) is 3.00. The maximum absolute atomic E-state index is 11.5. The molecule has 1 fully saturated rings. The molecular weight excluding hydrogens is 218 g/mol. The van der Waals surface area contributed by atoms with Crippen molar-refractivity contribution in [2.75, 3.05) is 6.54 Å². The lowest BCUT2D eigenvalue weighted by Gasteiger charge is -2.04. The number of amides is 1. The van der Waals surface area contributed by atoms with E-state index in [1.165, 1.54) is 5.56 Å². The van der Waals surface area contributed by atoms with Gasteiger partial charge in [0.15, 0.2) is 0 Å². The summed E-state index contributed by atoms with van der Waals surface area (Å²) in [7, 11) is 0. The maximum Gasteiger partial charge on any atom is 0.307 e. The molecule has 1 aliphatic carbocycles. The van der Waals surface area contributed by atoms with E-state index in [4.69, 9.17) is 5.11 Å². The highest BCUT2D eigenvalue weighted by Gasteiger charge is 2.48. The van der Waals surface area contributed by atoms with Crippen LogP contribution in [0.5, 0.6) is 0 Å². The Morgan fingerprint density at radius 1 is 1.24 bits per heavy atom. The minimum absolute atomic E-state index is 0.131. The van der Waals surface area contributed by atoms with Crippen LogP contribution in [0.15, 0.2) is 30.3 Å². The zero-order valence-corrected chi connectivity index (χ0v) is 9.43. The van der Waals surface area contributed by atoms with Crippen LogP contribution in [0, 0.1) is 11.8 Å². The highest BCUT2D eigenvalue weighted by molar-refractivity contribution is 5.89. The molecule has 1 amide bonds. The monoisotopic (exact) mass is 233 g/mol. The minimum Gasteiger partial charge on any atom is -0.481 e. The number of benzene rings is 1. The molecule has 2 N–H and O–H groups in total. The fourth-order valence-corrected chi connectivity index (χ4v) is 1.86. The van der Waals surface area contributed by atoms with E-state index in [1.807, 2.05) is 30.3 Å². The van der Waals surface area contributed by atoms with Gasteiger partial charge in [-0.15, -0.1) is 0 Å². The van der Waals surface area contributed by atoms with Gasteiger partial charge in [-0.05, 0) is 18.4 Å². The summed E-state index contributed by atoms with van der Waals surface area (Å²) in [5.41, 5.74) is 1.17. The molecule has 4 nitrogen and oxygen atoms in total. The van der Waals surface area contributed by atoms with E-state index < -0.39 is 11.9 Å². The van der Waals surface area contributed by atoms with Crippen molar-refractivity contribution in [2.45, 2.75) is 12.8 Å². The standard InChI is InChI=1S/C13H15NO3/c15-12(10-8-11(10)13(16)17)14-7-6-9-4-2-1-3-5-9/h1-5,10-11H,6-8H2,(H,14,15)(H,16,17). The molecule has 0 bridgehead atoms. The number of carboxylic acid groups (broad SMARTS) is 1. The Hall–Kier alpha value is -1.84. The van der Waals surface area contributed by atoms with E-state index in [0.29, 0.717) is 13.0 Å².